The molecule has 0 aliphatic heterocycles. The Morgan fingerprint density at radius 1 is 1.13 bits per heavy atom. The monoisotopic (exact) mass is 415 g/mol. The highest BCUT2D eigenvalue weighted by Gasteiger charge is 2.58. The molecule has 170 valence electrons. The van der Waals surface area contributed by atoms with Crippen molar-refractivity contribution >= 4 is 5.91 Å². The van der Waals surface area contributed by atoms with Gasteiger partial charge in [0.15, 0.2) is 0 Å². The van der Waals surface area contributed by atoms with Gasteiger partial charge in [0, 0.05) is 12.5 Å². The minimum Gasteiger partial charge on any atom is -0.393 e. The summed E-state index contributed by atoms with van der Waals surface area (Å²) in [4.78, 5) is 12.9. The minimum atomic E-state index is -0.0839. The fourth-order valence-corrected chi connectivity index (χ4v) is 8.28. The van der Waals surface area contributed by atoms with Crippen LogP contribution in [0.2, 0.25) is 0 Å². The molecule has 0 aromatic heterocycles. The lowest BCUT2D eigenvalue weighted by molar-refractivity contribution is -0.128. The van der Waals surface area contributed by atoms with Gasteiger partial charge in [0.2, 0.25) is 5.91 Å². The summed E-state index contributed by atoms with van der Waals surface area (Å²) in [6.07, 6.45) is 15.3. The molecule has 4 aliphatic rings. The number of carbonyl (C=O) groups excluding carboxylic acids is 1. The summed E-state index contributed by atoms with van der Waals surface area (Å²) >= 11 is 0. The van der Waals surface area contributed by atoms with E-state index in [4.69, 9.17) is 0 Å². The quantitative estimate of drug-likeness (QED) is 0.421. The van der Waals surface area contributed by atoms with Crippen LogP contribution < -0.4 is 5.32 Å². The molecular formula is C27H45NO2. The maximum absolute atomic E-state index is 12.9. The Morgan fingerprint density at radius 2 is 1.87 bits per heavy atom. The molecular weight excluding hydrogens is 370 g/mol. The largest absolute Gasteiger partial charge is 0.393 e. The SMILES string of the molecule is CCCCCNC(=O)[C@@H](C)[C@H]1CC[C@H]2C3=CCC4C[C@@H](O)CC[C@]4(C)[C@H]3CC[C@]12C. The fraction of sp³-hybridized carbons (Fsp3) is 0.889. The summed E-state index contributed by atoms with van der Waals surface area (Å²) in [5, 5.41) is 13.5. The Hall–Kier alpha value is -0.830. The Morgan fingerprint density at radius 3 is 2.63 bits per heavy atom. The predicted molar refractivity (Wildman–Crippen MR) is 123 cm³/mol. The summed E-state index contributed by atoms with van der Waals surface area (Å²) in [5.74, 6) is 2.94. The highest BCUT2D eigenvalue weighted by atomic mass is 16.3. The Bertz CT molecular complexity index is 672. The smallest absolute Gasteiger partial charge is 0.223 e. The van der Waals surface area contributed by atoms with Gasteiger partial charge < -0.3 is 10.4 Å². The lowest BCUT2D eigenvalue weighted by Gasteiger charge is -2.57. The number of aliphatic hydroxyl groups excluding tert-OH is 1. The molecule has 3 nitrogen and oxygen atoms in total. The first-order chi connectivity index (χ1) is 14.3. The zero-order valence-corrected chi connectivity index (χ0v) is 19.9. The Balaban J connectivity index is 1.48. The summed E-state index contributed by atoms with van der Waals surface area (Å²) in [5.41, 5.74) is 2.40. The third kappa shape index (κ3) is 3.67. The third-order valence-corrected chi connectivity index (χ3v) is 10.2. The molecule has 4 rings (SSSR count). The molecule has 1 amide bonds. The standard InChI is InChI=1S/C27H45NO2/c1-5-6-7-16-28-25(30)18(2)22-10-11-23-21-9-8-19-17-20(29)12-14-26(19,3)24(21)13-15-27(22,23)4/h9,18-20,22-24,29H,5-8,10-17H2,1-4H3,(H,28,30)/t18-,19?,20-,22+,23-,24-,26-,27+/m0/s1. The van der Waals surface area contributed by atoms with Gasteiger partial charge in [0.25, 0.3) is 0 Å². The number of amides is 1. The number of rotatable bonds is 6. The molecule has 8 atom stereocenters. The molecule has 3 fully saturated rings. The van der Waals surface area contributed by atoms with Gasteiger partial charge in [-0.05, 0) is 92.3 Å². The lowest BCUT2D eigenvalue weighted by atomic mass is 9.47. The number of fused-ring (bicyclic) bond motifs is 5. The molecule has 3 saturated carbocycles. The van der Waals surface area contributed by atoms with Crippen molar-refractivity contribution in [1.82, 2.24) is 5.32 Å². The van der Waals surface area contributed by atoms with Crippen LogP contribution in [0.15, 0.2) is 11.6 Å². The van der Waals surface area contributed by atoms with Gasteiger partial charge >= 0.3 is 0 Å². The molecule has 4 aliphatic carbocycles. The molecule has 0 radical (unpaired) electrons. The van der Waals surface area contributed by atoms with Crippen molar-refractivity contribution in [2.75, 3.05) is 6.54 Å². The van der Waals surface area contributed by atoms with E-state index in [0.29, 0.717) is 29.1 Å². The van der Waals surface area contributed by atoms with Crippen LogP contribution in [0.4, 0.5) is 0 Å². The van der Waals surface area contributed by atoms with E-state index in [1.54, 1.807) is 5.57 Å². The van der Waals surface area contributed by atoms with Crippen LogP contribution in [-0.2, 0) is 4.79 Å². The van der Waals surface area contributed by atoms with Gasteiger partial charge in [-0.25, -0.2) is 0 Å². The van der Waals surface area contributed by atoms with Crippen molar-refractivity contribution in [2.45, 2.75) is 104 Å². The maximum atomic E-state index is 12.9. The number of allylic oxidation sites excluding steroid dienone is 2. The second-order valence-corrected chi connectivity index (χ2v) is 11.7. The highest BCUT2D eigenvalue weighted by Crippen LogP contribution is 2.66. The third-order valence-electron chi connectivity index (χ3n) is 10.2. The highest BCUT2D eigenvalue weighted by molar-refractivity contribution is 5.78. The second-order valence-electron chi connectivity index (χ2n) is 11.7. The van der Waals surface area contributed by atoms with Crippen molar-refractivity contribution in [3.8, 4) is 0 Å². The molecule has 0 spiro atoms. The van der Waals surface area contributed by atoms with Crippen LogP contribution in [0.3, 0.4) is 0 Å². The summed E-state index contributed by atoms with van der Waals surface area (Å²) in [6, 6.07) is 0. The molecule has 1 unspecified atom stereocenters. The molecule has 3 heteroatoms. The van der Waals surface area contributed by atoms with E-state index < -0.39 is 0 Å². The van der Waals surface area contributed by atoms with E-state index in [-0.39, 0.29) is 23.3 Å². The van der Waals surface area contributed by atoms with E-state index in [9.17, 15) is 9.90 Å². The van der Waals surface area contributed by atoms with E-state index in [1.807, 2.05) is 0 Å². The average molecular weight is 416 g/mol. The molecule has 30 heavy (non-hydrogen) atoms. The predicted octanol–water partition coefficient (Wildman–Crippen LogP) is 5.87. The van der Waals surface area contributed by atoms with Crippen molar-refractivity contribution in [2.24, 2.45) is 40.4 Å². The van der Waals surface area contributed by atoms with Crippen LogP contribution in [-0.4, -0.2) is 23.7 Å². The number of carbonyl (C=O) groups is 1. The van der Waals surface area contributed by atoms with Gasteiger partial charge in [0.05, 0.1) is 6.10 Å². The van der Waals surface area contributed by atoms with Gasteiger partial charge in [-0.2, -0.15) is 0 Å². The number of aliphatic hydroxyl groups is 1. The average Bonchev–Trinajstić information content (AvgIpc) is 3.08. The summed E-state index contributed by atoms with van der Waals surface area (Å²) in [7, 11) is 0. The number of hydrogen-bond acceptors (Lipinski definition) is 2. The molecule has 0 aromatic carbocycles. The molecule has 0 bridgehead atoms. The van der Waals surface area contributed by atoms with Gasteiger partial charge in [-0.1, -0.05) is 52.2 Å². The van der Waals surface area contributed by atoms with E-state index in [1.165, 1.54) is 44.9 Å². The zero-order chi connectivity index (χ0) is 21.5. The van der Waals surface area contributed by atoms with Crippen molar-refractivity contribution < 1.29 is 9.90 Å². The van der Waals surface area contributed by atoms with E-state index in [2.05, 4.69) is 39.1 Å². The van der Waals surface area contributed by atoms with Crippen molar-refractivity contribution in [1.29, 1.82) is 0 Å². The topological polar surface area (TPSA) is 49.3 Å². The van der Waals surface area contributed by atoms with Crippen molar-refractivity contribution in [3.63, 3.8) is 0 Å². The fourth-order valence-electron chi connectivity index (χ4n) is 8.28. The molecule has 2 N–H and O–H groups in total. The van der Waals surface area contributed by atoms with Crippen LogP contribution in [0.5, 0.6) is 0 Å². The Labute approximate surface area is 184 Å². The molecule has 0 aromatic rings. The minimum absolute atomic E-state index is 0.0839. The normalized spacial score (nSPS) is 43.8. The molecule has 0 heterocycles. The second kappa shape index (κ2) is 8.60. The summed E-state index contributed by atoms with van der Waals surface area (Å²) < 4.78 is 0. The van der Waals surface area contributed by atoms with Crippen LogP contribution >= 0.6 is 0 Å². The first-order valence-corrected chi connectivity index (χ1v) is 13.0. The van der Waals surface area contributed by atoms with Crippen LogP contribution in [0, 0.1) is 40.4 Å². The van der Waals surface area contributed by atoms with E-state index >= 15 is 0 Å². The first-order valence-electron chi connectivity index (χ1n) is 13.0. The van der Waals surface area contributed by atoms with Crippen LogP contribution in [0.25, 0.3) is 0 Å². The Kier molecular flexibility index (Phi) is 6.41. The number of unbranched alkanes of at least 4 members (excludes halogenated alkanes) is 2. The lowest BCUT2D eigenvalue weighted by Crippen LogP contribution is -2.50. The van der Waals surface area contributed by atoms with Gasteiger partial charge in [-0.15, -0.1) is 0 Å². The van der Waals surface area contributed by atoms with E-state index in [0.717, 1.165) is 32.2 Å². The number of hydrogen-bond donors (Lipinski definition) is 2. The summed E-state index contributed by atoms with van der Waals surface area (Å²) in [6.45, 7) is 10.3. The molecule has 0 saturated heterocycles. The zero-order valence-electron chi connectivity index (χ0n) is 19.9. The first kappa shape index (κ1) is 22.4. The maximum Gasteiger partial charge on any atom is 0.223 e. The van der Waals surface area contributed by atoms with Crippen LogP contribution in [0.1, 0.15) is 98.3 Å². The number of nitrogens with one attached hydrogen (secondary N) is 1. The van der Waals surface area contributed by atoms with Gasteiger partial charge in [0.1, 0.15) is 0 Å². The van der Waals surface area contributed by atoms with Crippen molar-refractivity contribution in [3.05, 3.63) is 11.6 Å². The van der Waals surface area contributed by atoms with Gasteiger partial charge in [-0.3, -0.25) is 4.79 Å².